The molecule has 0 amide bonds. The molecule has 3 atom stereocenters. The summed E-state index contributed by atoms with van der Waals surface area (Å²) in [6, 6.07) is 22.6. The van der Waals surface area contributed by atoms with Crippen molar-refractivity contribution in [3.8, 4) is 0 Å². The van der Waals surface area contributed by atoms with Crippen LogP contribution in [-0.2, 0) is 6.42 Å². The molecule has 1 heterocycles. The Hall–Kier alpha value is -3.14. The minimum Gasteiger partial charge on any atom is -0.378 e. The average molecular weight is 356 g/mol. The second-order valence-corrected chi connectivity index (χ2v) is 7.61. The summed E-state index contributed by atoms with van der Waals surface area (Å²) in [6.07, 6.45) is 0.981. The van der Waals surface area contributed by atoms with Gasteiger partial charge in [0, 0.05) is 23.7 Å². The van der Waals surface area contributed by atoms with E-state index in [0.29, 0.717) is 5.92 Å². The van der Waals surface area contributed by atoms with Crippen molar-refractivity contribution in [1.29, 1.82) is 0 Å². The number of non-ortho nitro benzene ring substituents is 1. The highest BCUT2D eigenvalue weighted by Crippen LogP contribution is 2.54. The first kappa shape index (κ1) is 16.1. The molecule has 1 aliphatic carbocycles. The van der Waals surface area contributed by atoms with Gasteiger partial charge < -0.3 is 5.32 Å². The smallest absolute Gasteiger partial charge is 0.269 e. The summed E-state index contributed by atoms with van der Waals surface area (Å²) < 4.78 is 0. The standard InChI is InChI=1S/C23H20N2O2/c1-14-6-8-15(9-7-14)23-20-12-16-4-2-3-5-18(16)22(20)19-13-17(25(26)27)10-11-21(19)24-23/h2-11,13,20,22-24H,12H2,1H3/t20-,22+,23-/m0/s1. The van der Waals surface area contributed by atoms with Gasteiger partial charge in [-0.15, -0.1) is 0 Å². The zero-order chi connectivity index (χ0) is 18.5. The number of hydrogen-bond acceptors (Lipinski definition) is 3. The first-order valence-corrected chi connectivity index (χ1v) is 9.31. The lowest BCUT2D eigenvalue weighted by Gasteiger charge is -2.38. The van der Waals surface area contributed by atoms with E-state index in [-0.39, 0.29) is 22.6 Å². The van der Waals surface area contributed by atoms with Gasteiger partial charge in [-0.25, -0.2) is 0 Å². The van der Waals surface area contributed by atoms with Crippen molar-refractivity contribution in [3.63, 3.8) is 0 Å². The molecule has 4 nitrogen and oxygen atoms in total. The minimum atomic E-state index is -0.303. The summed E-state index contributed by atoms with van der Waals surface area (Å²) in [4.78, 5) is 11.0. The molecular formula is C23H20N2O2. The van der Waals surface area contributed by atoms with E-state index in [4.69, 9.17) is 0 Å². The lowest BCUT2D eigenvalue weighted by atomic mass is 9.75. The number of anilines is 1. The van der Waals surface area contributed by atoms with Gasteiger partial charge in [-0.3, -0.25) is 10.1 Å². The molecule has 0 bridgehead atoms. The largest absolute Gasteiger partial charge is 0.378 e. The third-order valence-electron chi connectivity index (χ3n) is 6.03. The molecule has 0 aromatic heterocycles. The Morgan fingerprint density at radius 1 is 1.00 bits per heavy atom. The fraction of sp³-hybridized carbons (Fsp3) is 0.217. The number of nitrogens with one attached hydrogen (secondary N) is 1. The Morgan fingerprint density at radius 3 is 2.56 bits per heavy atom. The number of nitro benzene ring substituents is 1. The predicted molar refractivity (Wildman–Crippen MR) is 106 cm³/mol. The van der Waals surface area contributed by atoms with Crippen LogP contribution in [0.15, 0.2) is 66.7 Å². The molecule has 0 unspecified atom stereocenters. The van der Waals surface area contributed by atoms with Gasteiger partial charge in [-0.2, -0.15) is 0 Å². The van der Waals surface area contributed by atoms with Crippen molar-refractivity contribution >= 4 is 11.4 Å². The van der Waals surface area contributed by atoms with Crippen LogP contribution in [0.25, 0.3) is 0 Å². The first-order chi connectivity index (χ1) is 13.1. The van der Waals surface area contributed by atoms with Crippen LogP contribution >= 0.6 is 0 Å². The van der Waals surface area contributed by atoms with Crippen molar-refractivity contribution in [2.45, 2.75) is 25.3 Å². The number of hydrogen-bond donors (Lipinski definition) is 1. The van der Waals surface area contributed by atoms with Crippen LogP contribution in [0.3, 0.4) is 0 Å². The molecule has 4 heteroatoms. The Bertz CT molecular complexity index is 1040. The zero-order valence-corrected chi connectivity index (χ0v) is 15.1. The van der Waals surface area contributed by atoms with Crippen molar-refractivity contribution in [3.05, 3.63) is 105 Å². The minimum absolute atomic E-state index is 0.160. The van der Waals surface area contributed by atoms with Crippen LogP contribution < -0.4 is 5.32 Å². The quantitative estimate of drug-likeness (QED) is 0.496. The Morgan fingerprint density at radius 2 is 1.78 bits per heavy atom. The van der Waals surface area contributed by atoms with Gasteiger partial charge in [0.1, 0.15) is 0 Å². The Kier molecular flexibility index (Phi) is 3.54. The van der Waals surface area contributed by atoms with Crippen LogP contribution in [0.5, 0.6) is 0 Å². The van der Waals surface area contributed by atoms with Gasteiger partial charge in [-0.1, -0.05) is 54.1 Å². The molecular weight excluding hydrogens is 336 g/mol. The van der Waals surface area contributed by atoms with Gasteiger partial charge in [0.25, 0.3) is 5.69 Å². The second kappa shape index (κ2) is 5.95. The van der Waals surface area contributed by atoms with Crippen LogP contribution in [0.4, 0.5) is 11.4 Å². The van der Waals surface area contributed by atoms with E-state index in [1.165, 1.54) is 22.3 Å². The number of benzene rings is 3. The average Bonchev–Trinajstić information content (AvgIpc) is 3.07. The van der Waals surface area contributed by atoms with E-state index < -0.39 is 0 Å². The third kappa shape index (κ3) is 2.52. The molecule has 134 valence electrons. The van der Waals surface area contributed by atoms with E-state index in [1.807, 2.05) is 6.07 Å². The zero-order valence-electron chi connectivity index (χ0n) is 15.1. The van der Waals surface area contributed by atoms with E-state index in [1.54, 1.807) is 12.1 Å². The molecule has 1 aliphatic heterocycles. The highest BCUT2D eigenvalue weighted by Gasteiger charge is 2.43. The maximum Gasteiger partial charge on any atom is 0.269 e. The van der Waals surface area contributed by atoms with E-state index in [9.17, 15) is 10.1 Å². The summed E-state index contributed by atoms with van der Waals surface area (Å²) in [7, 11) is 0. The normalized spacial score (nSPS) is 22.3. The highest BCUT2D eigenvalue weighted by molar-refractivity contribution is 5.65. The van der Waals surface area contributed by atoms with Crippen LogP contribution in [0, 0.1) is 23.0 Å². The lowest BCUT2D eigenvalue weighted by molar-refractivity contribution is -0.384. The maximum absolute atomic E-state index is 11.3. The summed E-state index contributed by atoms with van der Waals surface area (Å²) in [5.41, 5.74) is 7.39. The second-order valence-electron chi connectivity index (χ2n) is 7.61. The van der Waals surface area contributed by atoms with Crippen LogP contribution in [0.1, 0.15) is 39.8 Å². The fourth-order valence-electron chi connectivity index (χ4n) is 4.77. The number of rotatable bonds is 2. The Labute approximate surface area is 158 Å². The number of fused-ring (bicyclic) bond motifs is 5. The van der Waals surface area contributed by atoms with E-state index >= 15 is 0 Å². The van der Waals surface area contributed by atoms with Crippen molar-refractivity contribution in [2.24, 2.45) is 5.92 Å². The van der Waals surface area contributed by atoms with Gasteiger partial charge in [0.15, 0.2) is 0 Å². The number of nitro groups is 1. The van der Waals surface area contributed by atoms with Crippen molar-refractivity contribution in [1.82, 2.24) is 0 Å². The SMILES string of the molecule is Cc1ccc([C@@H]2Nc3ccc([N+](=O)[O-])cc3[C@H]3c4ccccc4C[C@@H]32)cc1. The molecule has 0 saturated carbocycles. The fourth-order valence-corrected chi connectivity index (χ4v) is 4.77. The molecule has 0 spiro atoms. The molecule has 27 heavy (non-hydrogen) atoms. The van der Waals surface area contributed by atoms with Gasteiger partial charge in [-0.05, 0) is 47.6 Å². The molecule has 2 aliphatic rings. The summed E-state index contributed by atoms with van der Waals surface area (Å²) in [5, 5.41) is 15.0. The molecule has 3 aromatic carbocycles. The molecule has 5 rings (SSSR count). The highest BCUT2D eigenvalue weighted by atomic mass is 16.6. The van der Waals surface area contributed by atoms with Crippen LogP contribution in [0.2, 0.25) is 0 Å². The van der Waals surface area contributed by atoms with Crippen LogP contribution in [-0.4, -0.2) is 4.92 Å². The summed E-state index contributed by atoms with van der Waals surface area (Å²) in [6.45, 7) is 2.10. The van der Waals surface area contributed by atoms with E-state index in [2.05, 4.69) is 60.8 Å². The predicted octanol–water partition coefficient (Wildman–Crippen LogP) is 5.37. The lowest BCUT2D eigenvalue weighted by Crippen LogP contribution is -2.30. The first-order valence-electron chi connectivity index (χ1n) is 9.31. The van der Waals surface area contributed by atoms with E-state index in [0.717, 1.165) is 17.7 Å². The van der Waals surface area contributed by atoms with Gasteiger partial charge in [0.2, 0.25) is 0 Å². The molecule has 0 saturated heterocycles. The molecule has 0 radical (unpaired) electrons. The summed E-state index contributed by atoms with van der Waals surface area (Å²) >= 11 is 0. The van der Waals surface area contributed by atoms with Gasteiger partial charge >= 0.3 is 0 Å². The maximum atomic E-state index is 11.3. The van der Waals surface area contributed by atoms with Crippen molar-refractivity contribution in [2.75, 3.05) is 5.32 Å². The van der Waals surface area contributed by atoms with Crippen molar-refractivity contribution < 1.29 is 4.92 Å². The number of nitrogens with zero attached hydrogens (tertiary/aromatic N) is 1. The molecule has 0 fully saturated rings. The molecule has 1 N–H and O–H groups in total. The Balaban J connectivity index is 1.68. The monoisotopic (exact) mass is 356 g/mol. The van der Waals surface area contributed by atoms with Gasteiger partial charge in [0.05, 0.1) is 11.0 Å². The number of aryl methyl sites for hydroxylation is 1. The summed E-state index contributed by atoms with van der Waals surface area (Å²) in [5.74, 6) is 0.531. The topological polar surface area (TPSA) is 55.2 Å². The molecule has 3 aromatic rings. The third-order valence-corrected chi connectivity index (χ3v) is 6.03.